The number of nitrogens with zero attached hydrogens (tertiary/aromatic N) is 4. The fraction of sp³-hybridized carbons (Fsp3) is 0.500. The van der Waals surface area contributed by atoms with Gasteiger partial charge in [0, 0.05) is 50.0 Å². The topological polar surface area (TPSA) is 62.8 Å². The second-order valence-corrected chi connectivity index (χ2v) is 6.99. The Hall–Kier alpha value is -2.54. The summed E-state index contributed by atoms with van der Waals surface area (Å²) in [7, 11) is 1.71. The van der Waals surface area contributed by atoms with E-state index in [0.717, 1.165) is 69.6 Å². The normalized spacial score (nSPS) is 20.4. The van der Waals surface area contributed by atoms with Crippen molar-refractivity contribution in [2.45, 2.75) is 18.9 Å². The van der Waals surface area contributed by atoms with Crippen LogP contribution >= 0.6 is 0 Å². The van der Waals surface area contributed by atoms with Crippen LogP contribution in [0.4, 0.5) is 17.3 Å². The van der Waals surface area contributed by atoms with E-state index in [-0.39, 0.29) is 0 Å². The maximum Gasteiger partial charge on any atom is 0.134 e. The van der Waals surface area contributed by atoms with Gasteiger partial charge in [-0.25, -0.2) is 9.97 Å². The van der Waals surface area contributed by atoms with Gasteiger partial charge in [0.1, 0.15) is 23.7 Å². The van der Waals surface area contributed by atoms with E-state index in [9.17, 15) is 0 Å². The Morgan fingerprint density at radius 3 is 2.85 bits per heavy atom. The van der Waals surface area contributed by atoms with E-state index in [4.69, 9.17) is 9.47 Å². The van der Waals surface area contributed by atoms with E-state index in [2.05, 4.69) is 43.3 Å². The van der Waals surface area contributed by atoms with Crippen molar-refractivity contribution in [3.8, 4) is 5.75 Å². The predicted molar refractivity (Wildman–Crippen MR) is 107 cm³/mol. The summed E-state index contributed by atoms with van der Waals surface area (Å²) in [5.74, 6) is 2.76. The first-order chi connectivity index (χ1) is 13.3. The second-order valence-electron chi connectivity index (χ2n) is 6.99. The van der Waals surface area contributed by atoms with Crippen molar-refractivity contribution in [3.05, 3.63) is 36.7 Å². The molecule has 2 saturated heterocycles. The highest BCUT2D eigenvalue weighted by Crippen LogP contribution is 2.25. The van der Waals surface area contributed by atoms with Crippen molar-refractivity contribution < 1.29 is 9.47 Å². The molecular weight excluding hydrogens is 342 g/mol. The van der Waals surface area contributed by atoms with Gasteiger partial charge in [-0.1, -0.05) is 6.07 Å². The number of hydrogen-bond acceptors (Lipinski definition) is 7. The van der Waals surface area contributed by atoms with Crippen LogP contribution in [0.15, 0.2) is 36.7 Å². The molecule has 0 aliphatic carbocycles. The standard InChI is InChI=1S/C20H27N5O2/c1-26-18-6-2-5-17(12-18)25-7-3-4-16(14-25)23-19-13-20(22-15-21-19)24-8-10-27-11-9-24/h2,5-6,12-13,15-16H,3-4,7-11,14H2,1H3,(H,21,22,23)/t16-/m1/s1. The van der Waals surface area contributed by atoms with E-state index in [0.29, 0.717) is 6.04 Å². The van der Waals surface area contributed by atoms with Crippen LogP contribution in [-0.2, 0) is 4.74 Å². The first kappa shape index (κ1) is 17.9. The lowest BCUT2D eigenvalue weighted by Gasteiger charge is -2.35. The Bertz CT molecular complexity index is 751. The number of hydrogen-bond donors (Lipinski definition) is 1. The van der Waals surface area contributed by atoms with Gasteiger partial charge in [-0.3, -0.25) is 0 Å². The van der Waals surface area contributed by atoms with Gasteiger partial charge < -0.3 is 24.6 Å². The molecule has 0 bridgehead atoms. The Labute approximate surface area is 160 Å². The van der Waals surface area contributed by atoms with E-state index in [1.165, 1.54) is 5.69 Å². The number of anilines is 3. The number of aromatic nitrogens is 2. The van der Waals surface area contributed by atoms with Gasteiger partial charge >= 0.3 is 0 Å². The lowest BCUT2D eigenvalue weighted by atomic mass is 10.0. The molecule has 2 aliphatic heterocycles. The van der Waals surface area contributed by atoms with Crippen LogP contribution in [0.1, 0.15) is 12.8 Å². The van der Waals surface area contributed by atoms with Crippen LogP contribution in [0.2, 0.25) is 0 Å². The molecule has 7 heteroatoms. The molecule has 2 aromatic rings. The minimum absolute atomic E-state index is 0.359. The van der Waals surface area contributed by atoms with Gasteiger partial charge in [-0.15, -0.1) is 0 Å². The first-order valence-electron chi connectivity index (χ1n) is 9.62. The number of rotatable bonds is 5. The number of nitrogens with one attached hydrogen (secondary N) is 1. The largest absolute Gasteiger partial charge is 0.497 e. The number of benzene rings is 1. The molecule has 0 spiro atoms. The minimum Gasteiger partial charge on any atom is -0.497 e. The molecular formula is C20H27N5O2. The van der Waals surface area contributed by atoms with Gasteiger partial charge in [0.25, 0.3) is 0 Å². The van der Waals surface area contributed by atoms with Gasteiger partial charge in [0.05, 0.1) is 20.3 Å². The average molecular weight is 369 g/mol. The van der Waals surface area contributed by atoms with Crippen LogP contribution in [0, 0.1) is 0 Å². The summed E-state index contributed by atoms with van der Waals surface area (Å²) in [4.78, 5) is 13.5. The van der Waals surface area contributed by atoms with E-state index in [1.54, 1.807) is 13.4 Å². The van der Waals surface area contributed by atoms with Crippen molar-refractivity contribution in [2.75, 3.05) is 61.6 Å². The average Bonchev–Trinajstić information content (AvgIpc) is 2.75. The number of piperidine rings is 1. The molecule has 0 saturated carbocycles. The maximum atomic E-state index is 5.43. The lowest BCUT2D eigenvalue weighted by Crippen LogP contribution is -2.42. The Kier molecular flexibility index (Phi) is 5.58. The zero-order valence-electron chi connectivity index (χ0n) is 15.8. The van der Waals surface area contributed by atoms with Crippen molar-refractivity contribution >= 4 is 17.3 Å². The van der Waals surface area contributed by atoms with Crippen molar-refractivity contribution in [1.82, 2.24) is 9.97 Å². The van der Waals surface area contributed by atoms with Crippen LogP contribution in [0.5, 0.6) is 5.75 Å². The van der Waals surface area contributed by atoms with E-state index < -0.39 is 0 Å². The Morgan fingerprint density at radius 1 is 1.11 bits per heavy atom. The monoisotopic (exact) mass is 369 g/mol. The molecule has 3 heterocycles. The highest BCUT2D eigenvalue weighted by atomic mass is 16.5. The molecule has 1 N–H and O–H groups in total. The highest BCUT2D eigenvalue weighted by molar-refractivity contribution is 5.53. The molecule has 1 aromatic heterocycles. The molecule has 2 aliphatic rings. The molecule has 0 unspecified atom stereocenters. The van der Waals surface area contributed by atoms with Gasteiger partial charge in [-0.2, -0.15) is 0 Å². The van der Waals surface area contributed by atoms with Crippen LogP contribution < -0.4 is 19.9 Å². The van der Waals surface area contributed by atoms with Crippen LogP contribution in [0.25, 0.3) is 0 Å². The van der Waals surface area contributed by atoms with E-state index in [1.807, 2.05) is 12.1 Å². The molecule has 4 rings (SSSR count). The van der Waals surface area contributed by atoms with Gasteiger partial charge in [0.2, 0.25) is 0 Å². The zero-order chi connectivity index (χ0) is 18.5. The third kappa shape index (κ3) is 4.42. The number of ether oxygens (including phenoxy) is 2. The highest BCUT2D eigenvalue weighted by Gasteiger charge is 2.21. The summed E-state index contributed by atoms with van der Waals surface area (Å²) in [5.41, 5.74) is 1.21. The molecule has 144 valence electrons. The van der Waals surface area contributed by atoms with Gasteiger partial charge in [0.15, 0.2) is 0 Å². The molecule has 27 heavy (non-hydrogen) atoms. The third-order valence-electron chi connectivity index (χ3n) is 5.18. The summed E-state index contributed by atoms with van der Waals surface area (Å²) in [6.45, 7) is 5.28. The summed E-state index contributed by atoms with van der Waals surface area (Å²) in [6, 6.07) is 10.7. The van der Waals surface area contributed by atoms with Crippen molar-refractivity contribution in [2.24, 2.45) is 0 Å². The number of methoxy groups -OCH3 is 1. The summed E-state index contributed by atoms with van der Waals surface area (Å²) in [5, 5.41) is 3.61. The summed E-state index contributed by atoms with van der Waals surface area (Å²) in [6.07, 6.45) is 3.93. The second kappa shape index (κ2) is 8.43. The summed E-state index contributed by atoms with van der Waals surface area (Å²) < 4.78 is 10.8. The minimum atomic E-state index is 0.359. The van der Waals surface area contributed by atoms with Gasteiger partial charge in [-0.05, 0) is 25.0 Å². The Morgan fingerprint density at radius 2 is 2.00 bits per heavy atom. The molecule has 7 nitrogen and oxygen atoms in total. The SMILES string of the molecule is COc1cccc(N2CCC[C@@H](Nc3cc(N4CCOCC4)ncn3)C2)c1. The van der Waals surface area contributed by atoms with Crippen LogP contribution in [0.3, 0.4) is 0 Å². The first-order valence-corrected chi connectivity index (χ1v) is 9.62. The molecule has 0 amide bonds. The summed E-state index contributed by atoms with van der Waals surface area (Å²) >= 11 is 0. The quantitative estimate of drug-likeness (QED) is 0.868. The molecule has 2 fully saturated rings. The van der Waals surface area contributed by atoms with E-state index >= 15 is 0 Å². The lowest BCUT2D eigenvalue weighted by molar-refractivity contribution is 0.122. The predicted octanol–water partition coefficient (Wildman–Crippen LogP) is 2.40. The molecule has 0 radical (unpaired) electrons. The Balaban J connectivity index is 1.41. The maximum absolute atomic E-state index is 5.43. The molecule has 1 atom stereocenters. The number of morpholine rings is 1. The fourth-order valence-corrected chi connectivity index (χ4v) is 3.74. The van der Waals surface area contributed by atoms with Crippen molar-refractivity contribution in [3.63, 3.8) is 0 Å². The smallest absolute Gasteiger partial charge is 0.134 e. The third-order valence-corrected chi connectivity index (χ3v) is 5.18. The zero-order valence-corrected chi connectivity index (χ0v) is 15.8. The fourth-order valence-electron chi connectivity index (χ4n) is 3.74. The van der Waals surface area contributed by atoms with Crippen LogP contribution in [-0.4, -0.2) is 62.5 Å². The van der Waals surface area contributed by atoms with Crippen molar-refractivity contribution in [1.29, 1.82) is 0 Å². The molecule has 1 aromatic carbocycles.